The summed E-state index contributed by atoms with van der Waals surface area (Å²) in [5.41, 5.74) is -0.0747. The smallest absolute Gasteiger partial charge is 0.314 e. The zero-order chi connectivity index (χ0) is 15.8. The van der Waals surface area contributed by atoms with Gasteiger partial charge in [-0.1, -0.05) is 30.3 Å². The summed E-state index contributed by atoms with van der Waals surface area (Å²) in [5, 5.41) is 16.1. The maximum absolute atomic E-state index is 11.8. The average molecular weight is 306 g/mol. The number of carbonyl (C=O) groups is 1. The van der Waals surface area contributed by atoms with Gasteiger partial charge in [-0.2, -0.15) is 0 Å². The van der Waals surface area contributed by atoms with Gasteiger partial charge >= 0.3 is 6.03 Å². The number of amides is 2. The number of ether oxygens (including phenoxy) is 1. The van der Waals surface area contributed by atoms with Crippen molar-refractivity contribution in [2.24, 2.45) is 5.92 Å². The highest BCUT2D eigenvalue weighted by Crippen LogP contribution is 2.23. The fourth-order valence-corrected chi connectivity index (χ4v) is 2.61. The number of hydrogen-bond acceptors (Lipinski definition) is 3. The van der Waals surface area contributed by atoms with Crippen LogP contribution in [0.25, 0.3) is 0 Å². The molecule has 1 aromatic rings. The van der Waals surface area contributed by atoms with Crippen molar-refractivity contribution in [3.63, 3.8) is 0 Å². The van der Waals surface area contributed by atoms with Gasteiger partial charge in [0.1, 0.15) is 0 Å². The van der Waals surface area contributed by atoms with E-state index in [1.165, 1.54) is 0 Å². The van der Waals surface area contributed by atoms with Crippen LogP contribution in [-0.2, 0) is 10.3 Å². The van der Waals surface area contributed by atoms with Crippen LogP contribution in [0.5, 0.6) is 0 Å². The molecule has 0 spiro atoms. The van der Waals surface area contributed by atoms with Gasteiger partial charge in [0, 0.05) is 26.3 Å². The average Bonchev–Trinajstić information content (AvgIpc) is 2.54. The van der Waals surface area contributed by atoms with Crippen LogP contribution in [0.3, 0.4) is 0 Å². The molecule has 1 saturated heterocycles. The Balaban J connectivity index is 1.66. The van der Waals surface area contributed by atoms with Crippen LogP contribution in [0.15, 0.2) is 30.3 Å². The van der Waals surface area contributed by atoms with Crippen LogP contribution < -0.4 is 10.6 Å². The summed E-state index contributed by atoms with van der Waals surface area (Å²) in [6.07, 6.45) is 2.48. The van der Waals surface area contributed by atoms with Gasteiger partial charge in [0.2, 0.25) is 0 Å². The number of hydrogen-bond donors (Lipinski definition) is 3. The first-order chi connectivity index (χ1) is 10.6. The van der Waals surface area contributed by atoms with E-state index in [0.29, 0.717) is 25.4 Å². The van der Waals surface area contributed by atoms with Crippen molar-refractivity contribution in [3.8, 4) is 0 Å². The van der Waals surface area contributed by atoms with Crippen molar-refractivity contribution >= 4 is 6.03 Å². The standard InChI is InChI=1S/C17H26N2O3/c1-17(21,15-5-3-2-4-6-15)9-10-18-16(20)19-13-14-7-11-22-12-8-14/h2-6,14,21H,7-13H2,1H3,(H2,18,19,20)/t17-/m0/s1. The highest BCUT2D eigenvalue weighted by molar-refractivity contribution is 5.73. The SMILES string of the molecule is C[C@](O)(CCNC(=O)NCC1CCOCC1)c1ccccc1. The van der Waals surface area contributed by atoms with Gasteiger partial charge in [-0.25, -0.2) is 4.79 Å². The fraction of sp³-hybridized carbons (Fsp3) is 0.588. The van der Waals surface area contributed by atoms with Crippen LogP contribution in [0.2, 0.25) is 0 Å². The van der Waals surface area contributed by atoms with E-state index in [1.54, 1.807) is 6.92 Å². The Labute approximate surface area is 132 Å². The molecule has 0 aliphatic carbocycles. The van der Waals surface area contributed by atoms with Gasteiger partial charge < -0.3 is 20.5 Å². The third-order valence-electron chi connectivity index (χ3n) is 4.19. The summed E-state index contributed by atoms with van der Waals surface area (Å²) in [5.74, 6) is 0.506. The molecule has 1 aliphatic rings. The van der Waals surface area contributed by atoms with E-state index < -0.39 is 5.60 Å². The van der Waals surface area contributed by atoms with E-state index in [9.17, 15) is 9.90 Å². The second-order valence-corrected chi connectivity index (χ2v) is 6.08. The summed E-state index contributed by atoms with van der Waals surface area (Å²) in [6, 6.07) is 9.34. The van der Waals surface area contributed by atoms with Gasteiger partial charge in [-0.3, -0.25) is 0 Å². The fourth-order valence-electron chi connectivity index (χ4n) is 2.61. The molecule has 1 aliphatic heterocycles. The Bertz CT molecular complexity index is 456. The predicted octanol–water partition coefficient (Wildman–Crippen LogP) is 2.01. The summed E-state index contributed by atoms with van der Waals surface area (Å²) in [7, 11) is 0. The molecule has 0 saturated carbocycles. The molecule has 5 heteroatoms. The topological polar surface area (TPSA) is 70.6 Å². The van der Waals surface area contributed by atoms with Crippen LogP contribution in [0.4, 0.5) is 4.79 Å². The first-order valence-electron chi connectivity index (χ1n) is 7.95. The third-order valence-corrected chi connectivity index (χ3v) is 4.19. The van der Waals surface area contributed by atoms with Gasteiger partial charge in [0.05, 0.1) is 5.60 Å². The highest BCUT2D eigenvalue weighted by Gasteiger charge is 2.22. The normalized spacial score (nSPS) is 18.5. The minimum absolute atomic E-state index is 0.171. The van der Waals surface area contributed by atoms with Crippen molar-refractivity contribution < 1.29 is 14.6 Å². The molecule has 0 radical (unpaired) electrons. The van der Waals surface area contributed by atoms with Crippen molar-refractivity contribution in [1.29, 1.82) is 0 Å². The maximum Gasteiger partial charge on any atom is 0.314 e. The molecule has 2 rings (SSSR count). The molecule has 0 bridgehead atoms. The summed E-state index contributed by atoms with van der Waals surface area (Å²) in [6.45, 7) is 4.46. The van der Waals surface area contributed by atoms with Gasteiger partial charge in [-0.05, 0) is 37.7 Å². The van der Waals surface area contributed by atoms with Crippen LogP contribution in [0, 0.1) is 5.92 Å². The molecule has 1 aromatic carbocycles. The second-order valence-electron chi connectivity index (χ2n) is 6.08. The number of benzene rings is 1. The summed E-state index contributed by atoms with van der Waals surface area (Å²) in [4.78, 5) is 11.8. The zero-order valence-corrected chi connectivity index (χ0v) is 13.2. The molecule has 5 nitrogen and oxygen atoms in total. The monoisotopic (exact) mass is 306 g/mol. The Kier molecular flexibility index (Phi) is 6.21. The number of urea groups is 1. The van der Waals surface area contributed by atoms with Crippen molar-refractivity contribution in [3.05, 3.63) is 35.9 Å². The lowest BCUT2D eigenvalue weighted by atomic mass is 9.93. The lowest BCUT2D eigenvalue weighted by Gasteiger charge is -2.24. The maximum atomic E-state index is 11.8. The number of aliphatic hydroxyl groups is 1. The molecule has 3 N–H and O–H groups in total. The minimum Gasteiger partial charge on any atom is -0.385 e. The quantitative estimate of drug-likeness (QED) is 0.753. The molecule has 1 heterocycles. The lowest BCUT2D eigenvalue weighted by Crippen LogP contribution is -2.41. The van der Waals surface area contributed by atoms with Crippen LogP contribution >= 0.6 is 0 Å². The van der Waals surface area contributed by atoms with Crippen molar-refractivity contribution in [2.75, 3.05) is 26.3 Å². The lowest BCUT2D eigenvalue weighted by molar-refractivity contribution is 0.0486. The second kappa shape index (κ2) is 8.15. The minimum atomic E-state index is -0.935. The molecule has 0 unspecified atom stereocenters. The van der Waals surface area contributed by atoms with E-state index in [1.807, 2.05) is 30.3 Å². The van der Waals surface area contributed by atoms with Crippen molar-refractivity contribution in [2.45, 2.75) is 31.8 Å². The first kappa shape index (κ1) is 16.8. The van der Waals surface area contributed by atoms with Gasteiger partial charge in [-0.15, -0.1) is 0 Å². The van der Waals surface area contributed by atoms with Crippen LogP contribution in [0.1, 0.15) is 31.7 Å². The molecular formula is C17H26N2O3. The zero-order valence-electron chi connectivity index (χ0n) is 13.2. The molecule has 2 amide bonds. The highest BCUT2D eigenvalue weighted by atomic mass is 16.5. The predicted molar refractivity (Wildman–Crippen MR) is 85.6 cm³/mol. The summed E-state index contributed by atoms with van der Waals surface area (Å²) < 4.78 is 5.29. The molecule has 22 heavy (non-hydrogen) atoms. The molecule has 1 atom stereocenters. The van der Waals surface area contributed by atoms with E-state index in [4.69, 9.17) is 4.74 Å². The first-order valence-corrected chi connectivity index (χ1v) is 7.95. The molecule has 0 aromatic heterocycles. The van der Waals surface area contributed by atoms with Gasteiger partial charge in [0.15, 0.2) is 0 Å². The van der Waals surface area contributed by atoms with E-state index in [2.05, 4.69) is 10.6 Å². The third kappa shape index (κ3) is 5.31. The summed E-state index contributed by atoms with van der Waals surface area (Å²) >= 11 is 0. The number of carbonyl (C=O) groups excluding carboxylic acids is 1. The number of nitrogens with one attached hydrogen (secondary N) is 2. The molecule has 122 valence electrons. The number of rotatable bonds is 6. The van der Waals surface area contributed by atoms with E-state index >= 15 is 0 Å². The molecular weight excluding hydrogens is 280 g/mol. The van der Waals surface area contributed by atoms with E-state index in [0.717, 1.165) is 31.6 Å². The van der Waals surface area contributed by atoms with Crippen LogP contribution in [-0.4, -0.2) is 37.4 Å². The van der Waals surface area contributed by atoms with Crippen molar-refractivity contribution in [1.82, 2.24) is 10.6 Å². The Hall–Kier alpha value is -1.59. The Morgan fingerprint density at radius 2 is 1.95 bits per heavy atom. The van der Waals surface area contributed by atoms with Gasteiger partial charge in [0.25, 0.3) is 0 Å². The molecule has 1 fully saturated rings. The Morgan fingerprint density at radius 1 is 1.27 bits per heavy atom. The largest absolute Gasteiger partial charge is 0.385 e. The Morgan fingerprint density at radius 3 is 2.64 bits per heavy atom. The van der Waals surface area contributed by atoms with E-state index in [-0.39, 0.29) is 6.03 Å².